The van der Waals surface area contributed by atoms with E-state index in [2.05, 4.69) is 46.3 Å². The monoisotopic (exact) mass is 363 g/mol. The van der Waals surface area contributed by atoms with E-state index in [1.807, 2.05) is 12.1 Å². The second-order valence-electron chi connectivity index (χ2n) is 7.54. The minimum Gasteiger partial charge on any atom is -0.355 e. The maximum Gasteiger partial charge on any atom is 0.191 e. The number of aryl methyl sites for hydroxylation is 1. The summed E-state index contributed by atoms with van der Waals surface area (Å²) < 4.78 is 13.4. The quantitative estimate of drug-likeness (QED) is 0.600. The molecule has 6 heteroatoms. The third-order valence-corrected chi connectivity index (χ3v) is 5.16. The predicted molar refractivity (Wildman–Crippen MR) is 107 cm³/mol. The maximum atomic E-state index is 13.4. The summed E-state index contributed by atoms with van der Waals surface area (Å²) in [6.45, 7) is 12.3. The van der Waals surface area contributed by atoms with E-state index in [4.69, 9.17) is 0 Å². The van der Waals surface area contributed by atoms with E-state index in [0.29, 0.717) is 24.1 Å². The number of hydrogen-bond donors (Lipinski definition) is 2. The Morgan fingerprint density at radius 3 is 2.46 bits per heavy atom. The first kappa shape index (κ1) is 20.6. The van der Waals surface area contributed by atoms with Gasteiger partial charge < -0.3 is 15.5 Å². The van der Waals surface area contributed by atoms with Crippen molar-refractivity contribution in [3.8, 4) is 0 Å². The third kappa shape index (κ3) is 5.95. The highest BCUT2D eigenvalue weighted by molar-refractivity contribution is 5.79. The largest absolute Gasteiger partial charge is 0.355 e. The van der Waals surface area contributed by atoms with E-state index in [9.17, 15) is 4.39 Å². The first-order valence-electron chi connectivity index (χ1n) is 9.53. The normalized spacial score (nSPS) is 18.2. The number of nitrogens with zero attached hydrogens (tertiary/aromatic N) is 3. The van der Waals surface area contributed by atoms with Gasteiger partial charge in [-0.3, -0.25) is 9.89 Å². The van der Waals surface area contributed by atoms with E-state index >= 15 is 0 Å². The average molecular weight is 364 g/mol. The van der Waals surface area contributed by atoms with E-state index < -0.39 is 0 Å². The van der Waals surface area contributed by atoms with E-state index in [-0.39, 0.29) is 5.82 Å². The molecule has 0 radical (unpaired) electrons. The van der Waals surface area contributed by atoms with Gasteiger partial charge in [0.25, 0.3) is 0 Å². The topological polar surface area (TPSA) is 42.9 Å². The van der Waals surface area contributed by atoms with Crippen molar-refractivity contribution in [2.75, 3.05) is 46.8 Å². The Balaban J connectivity index is 1.86. The minimum absolute atomic E-state index is 0.164. The molecule has 1 aliphatic rings. The van der Waals surface area contributed by atoms with Crippen molar-refractivity contribution in [2.45, 2.75) is 33.4 Å². The van der Waals surface area contributed by atoms with Crippen LogP contribution >= 0.6 is 0 Å². The zero-order chi connectivity index (χ0) is 19.1. The van der Waals surface area contributed by atoms with Gasteiger partial charge in [0, 0.05) is 52.4 Å². The fourth-order valence-corrected chi connectivity index (χ4v) is 3.36. The van der Waals surface area contributed by atoms with Crippen molar-refractivity contribution < 1.29 is 4.39 Å². The predicted octanol–water partition coefficient (Wildman–Crippen LogP) is 2.07. The third-order valence-electron chi connectivity index (χ3n) is 5.16. The number of likely N-dealkylation sites (N-methyl/N-ethyl adjacent to an activating group) is 1. The number of hydrogen-bond acceptors (Lipinski definition) is 3. The summed E-state index contributed by atoms with van der Waals surface area (Å²) in [4.78, 5) is 9.28. The summed E-state index contributed by atoms with van der Waals surface area (Å²) >= 11 is 0. The molecule has 146 valence electrons. The molecular formula is C20H34FN5. The van der Waals surface area contributed by atoms with Crippen LogP contribution in [0.15, 0.2) is 23.2 Å². The zero-order valence-corrected chi connectivity index (χ0v) is 16.8. The Kier molecular flexibility index (Phi) is 7.85. The smallest absolute Gasteiger partial charge is 0.191 e. The number of guanidine groups is 1. The number of benzene rings is 1. The second kappa shape index (κ2) is 9.88. The van der Waals surface area contributed by atoms with Gasteiger partial charge in [-0.15, -0.1) is 0 Å². The molecule has 1 unspecified atom stereocenters. The van der Waals surface area contributed by atoms with Crippen LogP contribution in [0.1, 0.15) is 25.0 Å². The highest BCUT2D eigenvalue weighted by atomic mass is 19.1. The van der Waals surface area contributed by atoms with E-state index in [0.717, 1.165) is 44.2 Å². The molecule has 1 aromatic carbocycles. The maximum absolute atomic E-state index is 13.4. The van der Waals surface area contributed by atoms with Gasteiger partial charge in [-0.1, -0.05) is 26.0 Å². The van der Waals surface area contributed by atoms with Gasteiger partial charge in [-0.2, -0.15) is 0 Å². The van der Waals surface area contributed by atoms with Crippen molar-refractivity contribution in [2.24, 2.45) is 10.9 Å². The number of nitrogens with one attached hydrogen (secondary N) is 2. The molecular weight excluding hydrogens is 329 g/mol. The molecule has 2 N–H and O–H groups in total. The molecule has 0 bridgehead atoms. The van der Waals surface area contributed by atoms with Gasteiger partial charge in [-0.25, -0.2) is 4.39 Å². The summed E-state index contributed by atoms with van der Waals surface area (Å²) in [5.74, 6) is 1.19. The lowest BCUT2D eigenvalue weighted by molar-refractivity contribution is 0.0900. The van der Waals surface area contributed by atoms with E-state index in [1.54, 1.807) is 14.0 Å². The number of halogens is 1. The molecule has 1 aromatic rings. The molecule has 1 fully saturated rings. The average Bonchev–Trinajstić information content (AvgIpc) is 2.62. The molecule has 1 atom stereocenters. The highest BCUT2D eigenvalue weighted by Gasteiger charge is 2.25. The standard InChI is InChI=1S/C20H34FN5/c1-15(2)19(26-10-8-25(5)9-11-26)14-24-20(22-4)23-13-17-6-7-18(21)16(3)12-17/h6-7,12,15,19H,8-11,13-14H2,1-5H3,(H2,22,23,24). The number of aliphatic imine (C=N–C) groups is 1. The molecule has 0 amide bonds. The first-order chi connectivity index (χ1) is 12.4. The molecule has 0 spiro atoms. The van der Waals surface area contributed by atoms with Crippen LogP contribution in [0.4, 0.5) is 4.39 Å². The lowest BCUT2D eigenvalue weighted by atomic mass is 10.0. The zero-order valence-electron chi connectivity index (χ0n) is 16.8. The van der Waals surface area contributed by atoms with Crippen LogP contribution in [-0.2, 0) is 6.54 Å². The molecule has 2 rings (SSSR count). The SMILES string of the molecule is CN=C(NCc1ccc(F)c(C)c1)NCC(C(C)C)N1CCN(C)CC1. The van der Waals surface area contributed by atoms with Crippen molar-refractivity contribution in [1.82, 2.24) is 20.4 Å². The minimum atomic E-state index is -0.164. The summed E-state index contributed by atoms with van der Waals surface area (Å²) in [5.41, 5.74) is 1.72. The van der Waals surface area contributed by atoms with Crippen LogP contribution in [0.25, 0.3) is 0 Å². The van der Waals surface area contributed by atoms with Crippen molar-refractivity contribution in [3.05, 3.63) is 35.1 Å². The molecule has 1 heterocycles. The van der Waals surface area contributed by atoms with Gasteiger partial charge in [-0.05, 0) is 37.1 Å². The van der Waals surface area contributed by atoms with Gasteiger partial charge in [0.15, 0.2) is 5.96 Å². The van der Waals surface area contributed by atoms with Crippen molar-refractivity contribution in [3.63, 3.8) is 0 Å². The summed E-state index contributed by atoms with van der Waals surface area (Å²) in [6, 6.07) is 5.68. The van der Waals surface area contributed by atoms with Crippen LogP contribution < -0.4 is 10.6 Å². The van der Waals surface area contributed by atoms with Gasteiger partial charge in [0.05, 0.1) is 0 Å². The van der Waals surface area contributed by atoms with Gasteiger partial charge in [0.1, 0.15) is 5.82 Å². The molecule has 1 aliphatic heterocycles. The summed E-state index contributed by atoms with van der Waals surface area (Å²) in [6.07, 6.45) is 0. The lowest BCUT2D eigenvalue weighted by Crippen LogP contribution is -2.55. The summed E-state index contributed by atoms with van der Waals surface area (Å²) in [7, 11) is 3.97. The second-order valence-corrected chi connectivity index (χ2v) is 7.54. The Labute approximate surface area is 157 Å². The van der Waals surface area contributed by atoms with Gasteiger partial charge >= 0.3 is 0 Å². The van der Waals surface area contributed by atoms with Crippen molar-refractivity contribution in [1.29, 1.82) is 0 Å². The van der Waals surface area contributed by atoms with E-state index in [1.165, 1.54) is 6.07 Å². The molecule has 0 aromatic heterocycles. The Hall–Kier alpha value is -1.66. The lowest BCUT2D eigenvalue weighted by Gasteiger charge is -2.40. The van der Waals surface area contributed by atoms with Crippen molar-refractivity contribution >= 4 is 5.96 Å². The molecule has 1 saturated heterocycles. The van der Waals surface area contributed by atoms with Crippen LogP contribution in [0.3, 0.4) is 0 Å². The molecule has 0 aliphatic carbocycles. The van der Waals surface area contributed by atoms with Crippen LogP contribution in [0.5, 0.6) is 0 Å². The fourth-order valence-electron chi connectivity index (χ4n) is 3.36. The number of piperazine rings is 1. The Morgan fingerprint density at radius 1 is 1.19 bits per heavy atom. The number of rotatable bonds is 6. The Morgan fingerprint density at radius 2 is 1.88 bits per heavy atom. The first-order valence-corrected chi connectivity index (χ1v) is 9.53. The summed E-state index contributed by atoms with van der Waals surface area (Å²) in [5, 5.41) is 6.79. The highest BCUT2D eigenvalue weighted by Crippen LogP contribution is 2.13. The molecule has 0 saturated carbocycles. The van der Waals surface area contributed by atoms with Gasteiger partial charge in [0.2, 0.25) is 0 Å². The fraction of sp³-hybridized carbons (Fsp3) is 0.650. The van der Waals surface area contributed by atoms with Crippen LogP contribution in [0, 0.1) is 18.7 Å². The molecule has 5 nitrogen and oxygen atoms in total. The van der Waals surface area contributed by atoms with Crippen LogP contribution in [-0.4, -0.2) is 68.6 Å². The van der Waals surface area contributed by atoms with Crippen LogP contribution in [0.2, 0.25) is 0 Å². The molecule has 26 heavy (non-hydrogen) atoms. The Bertz CT molecular complexity index is 594.